The molecule has 1 rings (SSSR count). The maximum atomic E-state index is 9.87. The van der Waals surface area contributed by atoms with Crippen molar-refractivity contribution in [1.82, 2.24) is 0 Å². The minimum atomic E-state index is 0.743. The number of hydrogen-bond donors (Lipinski definition) is 0. The third kappa shape index (κ3) is 3.00. The smallest absolute Gasteiger partial charge is 0.181 e. The molecule has 1 aromatic rings. The molecule has 0 aromatic heterocycles. The van der Waals surface area contributed by atoms with Crippen LogP contribution in [-0.2, 0) is 4.79 Å². The molecule has 0 N–H and O–H groups in total. The molecular formula is C8H7NOS. The second kappa shape index (κ2) is 4.68. The predicted octanol–water partition coefficient (Wildman–Crippen LogP) is 2.27. The van der Waals surface area contributed by atoms with Crippen molar-refractivity contribution in [3.05, 3.63) is 30.3 Å². The van der Waals surface area contributed by atoms with E-state index in [0.29, 0.717) is 0 Å². The van der Waals surface area contributed by atoms with Crippen molar-refractivity contribution in [2.75, 3.05) is 0 Å². The van der Waals surface area contributed by atoms with Crippen LogP contribution < -0.4 is 0 Å². The van der Waals surface area contributed by atoms with E-state index in [9.17, 15) is 4.79 Å². The van der Waals surface area contributed by atoms with Gasteiger partial charge in [0.15, 0.2) is 5.62 Å². The zero-order chi connectivity index (χ0) is 7.94. The van der Waals surface area contributed by atoms with E-state index >= 15 is 0 Å². The van der Waals surface area contributed by atoms with Gasteiger partial charge in [-0.05, 0) is 23.9 Å². The topological polar surface area (TPSA) is 29.4 Å². The summed E-state index contributed by atoms with van der Waals surface area (Å²) < 4.78 is 0. The number of thioether (sulfide) groups is 1. The number of carbonyl (C=O) groups is 1. The SMILES string of the molecule is O=CSC=Nc1ccccc1. The van der Waals surface area contributed by atoms with Crippen molar-refractivity contribution >= 4 is 28.6 Å². The summed E-state index contributed by atoms with van der Waals surface area (Å²) in [6.45, 7) is 0. The first-order valence-corrected chi connectivity index (χ1v) is 4.04. The number of rotatable bonds is 3. The van der Waals surface area contributed by atoms with Gasteiger partial charge in [0.25, 0.3) is 0 Å². The fourth-order valence-electron chi connectivity index (χ4n) is 0.630. The first-order chi connectivity index (χ1) is 5.43. The second-order valence-corrected chi connectivity index (χ2v) is 2.48. The van der Waals surface area contributed by atoms with Crippen molar-refractivity contribution in [2.45, 2.75) is 0 Å². The lowest BCUT2D eigenvalue weighted by atomic mass is 10.3. The van der Waals surface area contributed by atoms with E-state index in [4.69, 9.17) is 0 Å². The fraction of sp³-hybridized carbons (Fsp3) is 0. The molecule has 1 aromatic carbocycles. The highest BCUT2D eigenvalue weighted by Gasteiger charge is 1.81. The summed E-state index contributed by atoms with van der Waals surface area (Å²) in [5.74, 6) is 0. The summed E-state index contributed by atoms with van der Waals surface area (Å²) in [6, 6.07) is 9.48. The van der Waals surface area contributed by atoms with Gasteiger partial charge < -0.3 is 0 Å². The maximum Gasteiger partial charge on any atom is 0.181 e. The molecule has 11 heavy (non-hydrogen) atoms. The summed E-state index contributed by atoms with van der Waals surface area (Å²) in [6.07, 6.45) is 0. The highest BCUT2D eigenvalue weighted by Crippen LogP contribution is 2.09. The van der Waals surface area contributed by atoms with Crippen LogP contribution >= 0.6 is 11.8 Å². The molecule has 0 aliphatic heterocycles. The standard InChI is InChI=1S/C8H7NOS/c10-7-11-6-9-8-4-2-1-3-5-8/h1-7H. The molecule has 0 radical (unpaired) electrons. The Bertz CT molecular complexity index is 246. The lowest BCUT2D eigenvalue weighted by Gasteiger charge is -1.87. The zero-order valence-corrected chi connectivity index (χ0v) is 6.62. The van der Waals surface area contributed by atoms with Gasteiger partial charge >= 0.3 is 0 Å². The summed E-state index contributed by atoms with van der Waals surface area (Å²) >= 11 is 1.03. The molecule has 0 bridgehead atoms. The van der Waals surface area contributed by atoms with Gasteiger partial charge in [-0.25, -0.2) is 4.99 Å². The number of carbonyl (C=O) groups excluding carboxylic acids is 1. The number of aliphatic imine (C=N–C) groups is 1. The average Bonchev–Trinajstić information content (AvgIpc) is 2.07. The quantitative estimate of drug-likeness (QED) is 0.390. The van der Waals surface area contributed by atoms with E-state index in [-0.39, 0.29) is 0 Å². The van der Waals surface area contributed by atoms with E-state index in [1.54, 1.807) is 0 Å². The Morgan fingerprint density at radius 1 is 1.27 bits per heavy atom. The highest BCUT2D eigenvalue weighted by molar-refractivity contribution is 8.23. The van der Waals surface area contributed by atoms with E-state index in [2.05, 4.69) is 4.99 Å². The lowest BCUT2D eigenvalue weighted by Crippen LogP contribution is -1.65. The van der Waals surface area contributed by atoms with Gasteiger partial charge in [0.05, 0.1) is 11.2 Å². The first kappa shape index (κ1) is 8.01. The minimum Gasteiger partial charge on any atom is -0.291 e. The Hall–Kier alpha value is -1.09. The van der Waals surface area contributed by atoms with Crippen molar-refractivity contribution < 1.29 is 4.79 Å². The largest absolute Gasteiger partial charge is 0.291 e. The number of hydrogen-bond acceptors (Lipinski definition) is 3. The number of para-hydroxylation sites is 1. The molecule has 0 spiro atoms. The van der Waals surface area contributed by atoms with Crippen LogP contribution in [0.25, 0.3) is 0 Å². The lowest BCUT2D eigenvalue weighted by molar-refractivity contribution is 0.570. The average molecular weight is 165 g/mol. The molecule has 0 fully saturated rings. The normalized spacial score (nSPS) is 10.2. The molecule has 0 amide bonds. The Labute approximate surface area is 69.3 Å². The first-order valence-electron chi connectivity index (χ1n) is 3.10. The summed E-state index contributed by atoms with van der Waals surface area (Å²) in [5.41, 5.74) is 3.12. The van der Waals surface area contributed by atoms with Crippen molar-refractivity contribution in [2.24, 2.45) is 4.99 Å². The Kier molecular flexibility index (Phi) is 3.41. The van der Waals surface area contributed by atoms with Gasteiger partial charge in [-0.1, -0.05) is 18.2 Å². The van der Waals surface area contributed by atoms with Crippen LogP contribution in [0.3, 0.4) is 0 Å². The second-order valence-electron chi connectivity index (χ2n) is 1.80. The molecule has 3 heteroatoms. The Morgan fingerprint density at radius 3 is 2.64 bits per heavy atom. The third-order valence-corrected chi connectivity index (χ3v) is 1.41. The van der Waals surface area contributed by atoms with Gasteiger partial charge in [0.2, 0.25) is 0 Å². The van der Waals surface area contributed by atoms with E-state index < -0.39 is 0 Å². The van der Waals surface area contributed by atoms with Crippen LogP contribution in [0.2, 0.25) is 0 Å². The van der Waals surface area contributed by atoms with Crippen LogP contribution in [0.5, 0.6) is 0 Å². The van der Waals surface area contributed by atoms with E-state index in [1.807, 2.05) is 30.3 Å². The number of benzene rings is 1. The van der Waals surface area contributed by atoms with Gasteiger partial charge in [-0.3, -0.25) is 4.79 Å². The molecule has 0 saturated carbocycles. The van der Waals surface area contributed by atoms with Crippen molar-refractivity contribution in [1.29, 1.82) is 0 Å². The van der Waals surface area contributed by atoms with Crippen molar-refractivity contribution in [3.63, 3.8) is 0 Å². The third-order valence-electron chi connectivity index (χ3n) is 1.07. The summed E-state index contributed by atoms with van der Waals surface area (Å²) in [7, 11) is 0. The van der Waals surface area contributed by atoms with Gasteiger partial charge in [-0.2, -0.15) is 0 Å². The van der Waals surface area contributed by atoms with Gasteiger partial charge in [-0.15, -0.1) is 0 Å². The van der Waals surface area contributed by atoms with E-state index in [1.165, 1.54) is 5.55 Å². The molecule has 0 saturated heterocycles. The van der Waals surface area contributed by atoms with Crippen LogP contribution in [0.15, 0.2) is 35.3 Å². The Balaban J connectivity index is 2.57. The molecule has 0 aliphatic rings. The maximum absolute atomic E-state index is 9.87. The molecule has 0 unspecified atom stereocenters. The molecule has 0 aliphatic carbocycles. The minimum absolute atomic E-state index is 0.743. The predicted molar refractivity (Wildman–Crippen MR) is 48.9 cm³/mol. The zero-order valence-electron chi connectivity index (χ0n) is 5.81. The molecule has 0 heterocycles. The molecule has 0 atom stereocenters. The van der Waals surface area contributed by atoms with Gasteiger partial charge in [0, 0.05) is 0 Å². The van der Waals surface area contributed by atoms with Crippen LogP contribution in [0.1, 0.15) is 0 Å². The van der Waals surface area contributed by atoms with Crippen LogP contribution in [0, 0.1) is 0 Å². The monoisotopic (exact) mass is 165 g/mol. The highest BCUT2D eigenvalue weighted by atomic mass is 32.2. The van der Waals surface area contributed by atoms with Crippen LogP contribution in [0.4, 0.5) is 5.69 Å². The molecule has 56 valence electrons. The summed E-state index contributed by atoms with van der Waals surface area (Å²) in [4.78, 5) is 13.9. The fourth-order valence-corrected chi connectivity index (χ4v) is 0.862. The van der Waals surface area contributed by atoms with Crippen LogP contribution in [-0.4, -0.2) is 11.2 Å². The number of nitrogens with zero attached hydrogens (tertiary/aromatic N) is 1. The van der Waals surface area contributed by atoms with Crippen molar-refractivity contribution in [3.8, 4) is 0 Å². The summed E-state index contributed by atoms with van der Waals surface area (Å²) in [5, 5.41) is 0. The molecule has 2 nitrogen and oxygen atoms in total. The van der Waals surface area contributed by atoms with Gasteiger partial charge in [0.1, 0.15) is 0 Å². The molecular weight excluding hydrogens is 158 g/mol. The van der Waals surface area contributed by atoms with E-state index in [0.717, 1.165) is 23.1 Å². The Morgan fingerprint density at radius 2 is 2.00 bits per heavy atom.